The number of cyclic esters (lactones) is 1. The SMILES string of the molecule is CCOC(=O)[C@H]1OC(=O)[C@H](C(=O)OC)[C@H]1c1ccc2c(c1)OCO2. The van der Waals surface area contributed by atoms with Gasteiger partial charge in [-0.05, 0) is 24.6 Å². The number of methoxy groups -OCH3 is 1. The van der Waals surface area contributed by atoms with E-state index in [0.29, 0.717) is 17.1 Å². The van der Waals surface area contributed by atoms with Gasteiger partial charge in [-0.1, -0.05) is 6.07 Å². The summed E-state index contributed by atoms with van der Waals surface area (Å²) in [4.78, 5) is 36.3. The average molecular weight is 336 g/mol. The minimum atomic E-state index is -1.25. The maximum absolute atomic E-state index is 12.2. The molecule has 2 aliphatic rings. The molecule has 1 saturated heterocycles. The maximum Gasteiger partial charge on any atom is 0.348 e. The Balaban J connectivity index is 2.01. The Morgan fingerprint density at radius 3 is 2.67 bits per heavy atom. The van der Waals surface area contributed by atoms with E-state index >= 15 is 0 Å². The largest absolute Gasteiger partial charge is 0.468 e. The van der Waals surface area contributed by atoms with E-state index in [4.69, 9.17) is 18.9 Å². The summed E-state index contributed by atoms with van der Waals surface area (Å²) < 4.78 is 25.3. The number of ether oxygens (including phenoxy) is 5. The third-order valence-electron chi connectivity index (χ3n) is 3.94. The van der Waals surface area contributed by atoms with E-state index < -0.39 is 35.8 Å². The first-order chi connectivity index (χ1) is 11.6. The third kappa shape index (κ3) is 2.64. The van der Waals surface area contributed by atoms with Gasteiger partial charge in [0.15, 0.2) is 17.4 Å². The molecule has 2 aliphatic heterocycles. The minimum absolute atomic E-state index is 0.0839. The number of benzene rings is 1. The van der Waals surface area contributed by atoms with Crippen molar-refractivity contribution in [2.75, 3.05) is 20.5 Å². The molecule has 24 heavy (non-hydrogen) atoms. The Morgan fingerprint density at radius 1 is 1.21 bits per heavy atom. The molecule has 3 rings (SSSR count). The molecule has 0 unspecified atom stereocenters. The van der Waals surface area contributed by atoms with Crippen LogP contribution in [0.4, 0.5) is 0 Å². The van der Waals surface area contributed by atoms with Crippen LogP contribution in [0.25, 0.3) is 0 Å². The van der Waals surface area contributed by atoms with Crippen LogP contribution < -0.4 is 9.47 Å². The second-order valence-corrected chi connectivity index (χ2v) is 5.25. The summed E-state index contributed by atoms with van der Waals surface area (Å²) >= 11 is 0. The minimum Gasteiger partial charge on any atom is -0.468 e. The molecule has 0 saturated carbocycles. The summed E-state index contributed by atoms with van der Waals surface area (Å²) in [5.41, 5.74) is 0.526. The highest BCUT2D eigenvalue weighted by Crippen LogP contribution is 2.42. The smallest absolute Gasteiger partial charge is 0.348 e. The molecule has 0 bridgehead atoms. The van der Waals surface area contributed by atoms with Crippen molar-refractivity contribution in [2.45, 2.75) is 18.9 Å². The van der Waals surface area contributed by atoms with Crippen molar-refractivity contribution in [1.29, 1.82) is 0 Å². The van der Waals surface area contributed by atoms with Gasteiger partial charge in [0.05, 0.1) is 19.6 Å². The molecule has 0 N–H and O–H groups in total. The van der Waals surface area contributed by atoms with E-state index in [0.717, 1.165) is 0 Å². The van der Waals surface area contributed by atoms with Gasteiger partial charge in [-0.25, -0.2) is 4.79 Å². The molecule has 0 radical (unpaired) electrons. The van der Waals surface area contributed by atoms with Gasteiger partial charge < -0.3 is 23.7 Å². The average Bonchev–Trinajstić information content (AvgIpc) is 3.17. The quantitative estimate of drug-likeness (QED) is 0.452. The van der Waals surface area contributed by atoms with Crippen LogP contribution in [0.3, 0.4) is 0 Å². The Kier molecular flexibility index (Phi) is 4.28. The van der Waals surface area contributed by atoms with Crippen molar-refractivity contribution in [3.05, 3.63) is 23.8 Å². The molecule has 0 amide bonds. The van der Waals surface area contributed by atoms with E-state index in [1.807, 2.05) is 0 Å². The van der Waals surface area contributed by atoms with E-state index in [1.54, 1.807) is 25.1 Å². The molecule has 8 heteroatoms. The van der Waals surface area contributed by atoms with Gasteiger partial charge in [-0.3, -0.25) is 9.59 Å². The van der Waals surface area contributed by atoms with Crippen LogP contribution in [-0.4, -0.2) is 44.5 Å². The number of hydrogen-bond donors (Lipinski definition) is 0. The molecule has 0 aliphatic carbocycles. The highest BCUT2D eigenvalue weighted by atomic mass is 16.7. The number of fused-ring (bicyclic) bond motifs is 1. The molecule has 0 aromatic heterocycles. The zero-order chi connectivity index (χ0) is 17.3. The monoisotopic (exact) mass is 336 g/mol. The predicted molar refractivity (Wildman–Crippen MR) is 77.3 cm³/mol. The second-order valence-electron chi connectivity index (χ2n) is 5.25. The van der Waals surface area contributed by atoms with Crippen LogP contribution in [-0.2, 0) is 28.6 Å². The summed E-state index contributed by atoms with van der Waals surface area (Å²) in [5.74, 6) is -3.38. The molecule has 1 fully saturated rings. The number of hydrogen-bond acceptors (Lipinski definition) is 8. The lowest BCUT2D eigenvalue weighted by atomic mass is 9.84. The normalized spacial score (nSPS) is 24.4. The second kappa shape index (κ2) is 6.38. The van der Waals surface area contributed by atoms with Crippen LogP contribution >= 0.6 is 0 Å². The van der Waals surface area contributed by atoms with Crippen molar-refractivity contribution in [2.24, 2.45) is 5.92 Å². The van der Waals surface area contributed by atoms with Crippen molar-refractivity contribution in [1.82, 2.24) is 0 Å². The number of rotatable bonds is 4. The topological polar surface area (TPSA) is 97.4 Å². The number of carbonyl (C=O) groups excluding carboxylic acids is 3. The number of carbonyl (C=O) groups is 3. The summed E-state index contributed by atoms with van der Waals surface area (Å²) in [6.07, 6.45) is -1.22. The lowest BCUT2D eigenvalue weighted by Crippen LogP contribution is -2.32. The third-order valence-corrected chi connectivity index (χ3v) is 3.94. The number of esters is 3. The fourth-order valence-corrected chi connectivity index (χ4v) is 2.87. The van der Waals surface area contributed by atoms with E-state index in [-0.39, 0.29) is 13.4 Å². The molecular formula is C16H16O8. The van der Waals surface area contributed by atoms with E-state index in [9.17, 15) is 14.4 Å². The van der Waals surface area contributed by atoms with Crippen LogP contribution in [0.2, 0.25) is 0 Å². The summed E-state index contributed by atoms with van der Waals surface area (Å²) in [6.45, 7) is 1.85. The van der Waals surface area contributed by atoms with Crippen LogP contribution in [0.1, 0.15) is 18.4 Å². The molecule has 1 aromatic carbocycles. The Labute approximate surface area is 137 Å². The summed E-state index contributed by atoms with van der Waals surface area (Å²) in [5, 5.41) is 0. The van der Waals surface area contributed by atoms with E-state index in [2.05, 4.69) is 4.74 Å². The van der Waals surface area contributed by atoms with Crippen molar-refractivity contribution < 1.29 is 38.1 Å². The maximum atomic E-state index is 12.2. The van der Waals surface area contributed by atoms with E-state index in [1.165, 1.54) is 7.11 Å². The molecular weight excluding hydrogens is 320 g/mol. The molecule has 1 aromatic rings. The first-order valence-electron chi connectivity index (χ1n) is 7.41. The lowest BCUT2D eigenvalue weighted by molar-refractivity contribution is -0.163. The van der Waals surface area contributed by atoms with Crippen molar-refractivity contribution in [3.8, 4) is 11.5 Å². The summed E-state index contributed by atoms with van der Waals surface area (Å²) in [6, 6.07) is 4.93. The first-order valence-corrected chi connectivity index (χ1v) is 7.41. The lowest BCUT2D eigenvalue weighted by Gasteiger charge is -2.19. The van der Waals surface area contributed by atoms with Crippen molar-refractivity contribution >= 4 is 17.9 Å². The highest BCUT2D eigenvalue weighted by molar-refractivity contribution is 6.00. The first kappa shape index (κ1) is 16.1. The van der Waals surface area contributed by atoms with Crippen LogP contribution in [0.5, 0.6) is 11.5 Å². The van der Waals surface area contributed by atoms with Crippen molar-refractivity contribution in [3.63, 3.8) is 0 Å². The van der Waals surface area contributed by atoms with Gasteiger partial charge in [0, 0.05) is 0 Å². The Hall–Kier alpha value is -2.77. The van der Waals surface area contributed by atoms with Crippen LogP contribution in [0.15, 0.2) is 18.2 Å². The van der Waals surface area contributed by atoms with Gasteiger partial charge >= 0.3 is 17.9 Å². The molecule has 128 valence electrons. The molecule has 2 heterocycles. The van der Waals surface area contributed by atoms with Gasteiger partial charge in [-0.15, -0.1) is 0 Å². The van der Waals surface area contributed by atoms with Gasteiger partial charge in [0.2, 0.25) is 12.9 Å². The zero-order valence-electron chi connectivity index (χ0n) is 13.1. The van der Waals surface area contributed by atoms with Gasteiger partial charge in [0.1, 0.15) is 0 Å². The van der Waals surface area contributed by atoms with Gasteiger partial charge in [-0.2, -0.15) is 0 Å². The fourth-order valence-electron chi connectivity index (χ4n) is 2.87. The molecule has 3 atom stereocenters. The molecule has 8 nitrogen and oxygen atoms in total. The Bertz CT molecular complexity index is 683. The highest BCUT2D eigenvalue weighted by Gasteiger charge is 2.54. The zero-order valence-corrected chi connectivity index (χ0v) is 13.1. The standard InChI is InChI=1S/C16H16O8/c1-3-21-16(19)13-11(12(14(17)20-2)15(18)24-13)8-4-5-9-10(6-8)23-7-22-9/h4-6,11-13H,3,7H2,1-2H3/t11-,12+,13+/m1/s1. The Morgan fingerprint density at radius 2 is 1.96 bits per heavy atom. The van der Waals surface area contributed by atoms with Crippen LogP contribution in [0, 0.1) is 5.92 Å². The molecule has 0 spiro atoms. The van der Waals surface area contributed by atoms with Gasteiger partial charge in [0.25, 0.3) is 0 Å². The fraction of sp³-hybridized carbons (Fsp3) is 0.438. The summed E-state index contributed by atoms with van der Waals surface area (Å²) in [7, 11) is 1.17. The predicted octanol–water partition coefficient (Wildman–Crippen LogP) is 0.777.